The third-order valence-electron chi connectivity index (χ3n) is 4.01. The molecule has 0 radical (unpaired) electrons. The molecule has 1 aliphatic rings. The van der Waals surface area contributed by atoms with Crippen molar-refractivity contribution in [3.05, 3.63) is 23.9 Å². The van der Waals surface area contributed by atoms with E-state index in [0.717, 1.165) is 11.8 Å². The molecule has 2 rings (SSSR count). The number of methoxy groups -OCH3 is 1. The predicted molar refractivity (Wildman–Crippen MR) is 73.8 cm³/mol. The van der Waals surface area contributed by atoms with Gasteiger partial charge in [0.15, 0.2) is 0 Å². The first-order valence-electron chi connectivity index (χ1n) is 7.01. The molecule has 1 aliphatic carbocycles. The first-order valence-corrected chi connectivity index (χ1v) is 7.01. The highest BCUT2D eigenvalue weighted by atomic mass is 16.5. The lowest BCUT2D eigenvalue weighted by molar-refractivity contribution is 0.300. The van der Waals surface area contributed by atoms with Crippen LogP contribution in [0, 0.1) is 5.92 Å². The molecule has 1 atom stereocenters. The fourth-order valence-corrected chi connectivity index (χ4v) is 3.00. The van der Waals surface area contributed by atoms with Gasteiger partial charge in [-0.15, -0.1) is 0 Å². The molecule has 0 aromatic carbocycles. The van der Waals surface area contributed by atoms with Crippen LogP contribution in [-0.4, -0.2) is 19.1 Å². The third kappa shape index (κ3) is 3.22. The summed E-state index contributed by atoms with van der Waals surface area (Å²) in [7, 11) is 3.72. The molecule has 0 aliphatic heterocycles. The van der Waals surface area contributed by atoms with E-state index in [1.54, 1.807) is 13.3 Å². The second-order valence-corrected chi connectivity index (χ2v) is 5.18. The van der Waals surface area contributed by atoms with E-state index in [1.807, 2.05) is 13.1 Å². The average molecular weight is 248 g/mol. The van der Waals surface area contributed by atoms with Crippen molar-refractivity contribution >= 4 is 0 Å². The highest BCUT2D eigenvalue weighted by Crippen LogP contribution is 2.33. The van der Waals surface area contributed by atoms with Gasteiger partial charge < -0.3 is 10.1 Å². The van der Waals surface area contributed by atoms with Crippen molar-refractivity contribution < 1.29 is 4.74 Å². The van der Waals surface area contributed by atoms with Crippen molar-refractivity contribution in [1.82, 2.24) is 10.3 Å². The summed E-state index contributed by atoms with van der Waals surface area (Å²) < 4.78 is 5.37. The molecule has 1 unspecified atom stereocenters. The van der Waals surface area contributed by atoms with Gasteiger partial charge in [-0.3, -0.25) is 0 Å². The Labute approximate surface area is 110 Å². The molecule has 1 aromatic heterocycles. The standard InChI is InChI=1S/C15H24N2O/c1-16-14(11-12-7-4-3-5-8-12)13-9-6-10-17-15(13)18-2/h6,9-10,12,14,16H,3-5,7-8,11H2,1-2H3. The van der Waals surface area contributed by atoms with Crippen molar-refractivity contribution in [1.29, 1.82) is 0 Å². The molecule has 1 N–H and O–H groups in total. The van der Waals surface area contributed by atoms with E-state index in [9.17, 15) is 0 Å². The zero-order chi connectivity index (χ0) is 12.8. The average Bonchev–Trinajstić information content (AvgIpc) is 2.46. The molecule has 0 bridgehead atoms. The zero-order valence-electron chi connectivity index (χ0n) is 11.5. The van der Waals surface area contributed by atoms with E-state index in [4.69, 9.17) is 4.74 Å². The van der Waals surface area contributed by atoms with Crippen LogP contribution in [0.3, 0.4) is 0 Å². The second kappa shape index (κ2) is 6.74. The fourth-order valence-electron chi connectivity index (χ4n) is 3.00. The molecule has 1 saturated carbocycles. The van der Waals surface area contributed by atoms with Gasteiger partial charge in [-0.05, 0) is 25.5 Å². The fraction of sp³-hybridized carbons (Fsp3) is 0.667. The van der Waals surface area contributed by atoms with E-state index in [1.165, 1.54) is 44.1 Å². The van der Waals surface area contributed by atoms with Crippen LogP contribution < -0.4 is 10.1 Å². The maximum atomic E-state index is 5.37. The van der Waals surface area contributed by atoms with Crippen LogP contribution in [-0.2, 0) is 0 Å². The Hall–Kier alpha value is -1.09. The minimum atomic E-state index is 0.358. The van der Waals surface area contributed by atoms with Crippen LogP contribution in [0.25, 0.3) is 0 Å². The van der Waals surface area contributed by atoms with Gasteiger partial charge in [0, 0.05) is 17.8 Å². The normalized spacial score (nSPS) is 18.6. The summed E-state index contributed by atoms with van der Waals surface area (Å²) in [6.07, 6.45) is 9.93. The molecule has 1 heterocycles. The summed E-state index contributed by atoms with van der Waals surface area (Å²) >= 11 is 0. The largest absolute Gasteiger partial charge is 0.481 e. The lowest BCUT2D eigenvalue weighted by Gasteiger charge is -2.27. The lowest BCUT2D eigenvalue weighted by Crippen LogP contribution is -2.22. The topological polar surface area (TPSA) is 34.2 Å². The SMILES string of the molecule is CNC(CC1CCCCC1)c1cccnc1OC. The zero-order valence-corrected chi connectivity index (χ0v) is 11.5. The number of nitrogens with zero attached hydrogens (tertiary/aromatic N) is 1. The van der Waals surface area contributed by atoms with Crippen LogP contribution in [0.4, 0.5) is 0 Å². The van der Waals surface area contributed by atoms with Gasteiger partial charge in [0.2, 0.25) is 5.88 Å². The highest BCUT2D eigenvalue weighted by molar-refractivity contribution is 5.28. The number of ether oxygens (including phenoxy) is 1. The molecule has 100 valence electrons. The van der Waals surface area contributed by atoms with E-state index in [2.05, 4.69) is 16.4 Å². The van der Waals surface area contributed by atoms with Crippen molar-refractivity contribution in [2.75, 3.05) is 14.2 Å². The van der Waals surface area contributed by atoms with Gasteiger partial charge in [-0.1, -0.05) is 38.2 Å². The second-order valence-electron chi connectivity index (χ2n) is 5.18. The quantitative estimate of drug-likeness (QED) is 0.868. The van der Waals surface area contributed by atoms with Crippen LogP contribution in [0.5, 0.6) is 5.88 Å². The Kier molecular flexibility index (Phi) is 5.00. The summed E-state index contributed by atoms with van der Waals surface area (Å²) in [5.74, 6) is 1.61. The highest BCUT2D eigenvalue weighted by Gasteiger charge is 2.21. The van der Waals surface area contributed by atoms with Crippen LogP contribution >= 0.6 is 0 Å². The number of hydrogen-bond acceptors (Lipinski definition) is 3. The van der Waals surface area contributed by atoms with Crippen LogP contribution in [0.15, 0.2) is 18.3 Å². The van der Waals surface area contributed by atoms with Crippen LogP contribution in [0.2, 0.25) is 0 Å². The van der Waals surface area contributed by atoms with Gasteiger partial charge in [0.1, 0.15) is 0 Å². The summed E-state index contributed by atoms with van der Waals surface area (Å²) in [5, 5.41) is 3.42. The Morgan fingerprint density at radius 3 is 2.83 bits per heavy atom. The smallest absolute Gasteiger partial charge is 0.217 e. The number of rotatable bonds is 5. The van der Waals surface area contributed by atoms with Gasteiger partial charge in [-0.2, -0.15) is 0 Å². The molecular formula is C15H24N2O. The van der Waals surface area contributed by atoms with Gasteiger partial charge in [-0.25, -0.2) is 4.98 Å². The van der Waals surface area contributed by atoms with Gasteiger partial charge >= 0.3 is 0 Å². The Bertz CT molecular complexity index is 361. The molecule has 3 heteroatoms. The van der Waals surface area contributed by atoms with Gasteiger partial charge in [0.05, 0.1) is 7.11 Å². The molecule has 3 nitrogen and oxygen atoms in total. The summed E-state index contributed by atoms with van der Waals surface area (Å²) in [5.41, 5.74) is 1.19. The number of pyridine rings is 1. The van der Waals surface area contributed by atoms with Crippen molar-refractivity contribution in [3.63, 3.8) is 0 Å². The maximum absolute atomic E-state index is 5.37. The first kappa shape index (κ1) is 13.3. The molecule has 18 heavy (non-hydrogen) atoms. The van der Waals surface area contributed by atoms with Crippen molar-refractivity contribution in [2.45, 2.75) is 44.6 Å². The van der Waals surface area contributed by atoms with E-state index in [-0.39, 0.29) is 0 Å². The van der Waals surface area contributed by atoms with E-state index < -0.39 is 0 Å². The number of aromatic nitrogens is 1. The molecule has 0 amide bonds. The minimum Gasteiger partial charge on any atom is -0.481 e. The molecular weight excluding hydrogens is 224 g/mol. The Balaban J connectivity index is 2.07. The Morgan fingerprint density at radius 1 is 1.39 bits per heavy atom. The first-order chi connectivity index (χ1) is 8.85. The predicted octanol–water partition coefficient (Wildman–Crippen LogP) is 3.32. The van der Waals surface area contributed by atoms with Gasteiger partial charge in [0.25, 0.3) is 0 Å². The minimum absolute atomic E-state index is 0.358. The third-order valence-corrected chi connectivity index (χ3v) is 4.01. The maximum Gasteiger partial charge on any atom is 0.217 e. The molecule has 0 saturated heterocycles. The molecule has 0 spiro atoms. The van der Waals surface area contributed by atoms with E-state index in [0.29, 0.717) is 6.04 Å². The number of nitrogens with one attached hydrogen (secondary N) is 1. The lowest BCUT2D eigenvalue weighted by atomic mass is 9.83. The monoisotopic (exact) mass is 248 g/mol. The summed E-state index contributed by atoms with van der Waals surface area (Å²) in [6.45, 7) is 0. The van der Waals surface area contributed by atoms with Crippen molar-refractivity contribution in [3.8, 4) is 5.88 Å². The summed E-state index contributed by atoms with van der Waals surface area (Å²) in [4.78, 5) is 4.30. The van der Waals surface area contributed by atoms with E-state index >= 15 is 0 Å². The summed E-state index contributed by atoms with van der Waals surface area (Å²) in [6, 6.07) is 4.47. The number of hydrogen-bond donors (Lipinski definition) is 1. The van der Waals surface area contributed by atoms with Crippen molar-refractivity contribution in [2.24, 2.45) is 5.92 Å². The Morgan fingerprint density at radius 2 is 2.17 bits per heavy atom. The van der Waals surface area contributed by atoms with Crippen LogP contribution in [0.1, 0.15) is 50.1 Å². The molecule has 1 fully saturated rings. The molecule has 1 aromatic rings.